The Morgan fingerprint density at radius 1 is 1.35 bits per heavy atom. The number of carbonyl (C=O) groups excluding carboxylic acids is 1. The molecule has 1 amide bonds. The Kier molecular flexibility index (Phi) is 4.52. The highest BCUT2D eigenvalue weighted by molar-refractivity contribution is 8.00. The highest BCUT2D eigenvalue weighted by Gasteiger charge is 2.36. The number of amides is 1. The van der Waals surface area contributed by atoms with Crippen molar-refractivity contribution in [1.29, 1.82) is 0 Å². The largest absolute Gasteiger partial charge is 0.383 e. The first-order valence-corrected chi connectivity index (χ1v) is 7.74. The van der Waals surface area contributed by atoms with E-state index in [1.165, 1.54) is 7.05 Å². The van der Waals surface area contributed by atoms with E-state index in [4.69, 9.17) is 0 Å². The first kappa shape index (κ1) is 15.1. The normalized spacial score (nSPS) is 16.4. The van der Waals surface area contributed by atoms with Crippen LogP contribution < -0.4 is 10.6 Å². The van der Waals surface area contributed by atoms with E-state index in [1.54, 1.807) is 11.8 Å². The van der Waals surface area contributed by atoms with Gasteiger partial charge in [0, 0.05) is 23.9 Å². The third-order valence-corrected chi connectivity index (χ3v) is 5.24. The molecule has 0 bridgehead atoms. The summed E-state index contributed by atoms with van der Waals surface area (Å²) < 4.78 is 27.3. The number of hydrogen-bond acceptors (Lipinski definition) is 3. The summed E-state index contributed by atoms with van der Waals surface area (Å²) >= 11 is 1.74. The number of halogens is 2. The molecule has 6 heteroatoms. The molecule has 0 unspecified atom stereocenters. The Balaban J connectivity index is 2.06. The number of anilines is 1. The van der Waals surface area contributed by atoms with Gasteiger partial charge in [0.15, 0.2) is 0 Å². The van der Waals surface area contributed by atoms with Crippen molar-refractivity contribution in [3.63, 3.8) is 0 Å². The molecule has 1 aromatic carbocycles. The molecule has 0 aromatic heterocycles. The average Bonchev–Trinajstić information content (AvgIpc) is 2.37. The molecule has 0 aliphatic heterocycles. The number of benzene rings is 1. The van der Waals surface area contributed by atoms with Crippen molar-refractivity contribution in [2.45, 2.75) is 24.0 Å². The highest BCUT2D eigenvalue weighted by Crippen LogP contribution is 2.42. The van der Waals surface area contributed by atoms with Crippen LogP contribution in [0.1, 0.15) is 29.6 Å². The zero-order valence-electron chi connectivity index (χ0n) is 11.6. The fourth-order valence-electron chi connectivity index (χ4n) is 2.31. The fourth-order valence-corrected chi connectivity index (χ4v) is 3.22. The molecule has 1 fully saturated rings. The Hall–Kier alpha value is -1.30. The van der Waals surface area contributed by atoms with Crippen molar-refractivity contribution in [2.24, 2.45) is 0 Å². The SMILES string of the molecule is CNc1c(F)cc(C(=O)NCC2(SC)CCC2)cc1F. The molecule has 2 rings (SSSR count). The van der Waals surface area contributed by atoms with E-state index in [9.17, 15) is 13.6 Å². The minimum Gasteiger partial charge on any atom is -0.383 e. The summed E-state index contributed by atoms with van der Waals surface area (Å²) in [6.45, 7) is 0.532. The van der Waals surface area contributed by atoms with Gasteiger partial charge in [-0.05, 0) is 31.2 Å². The smallest absolute Gasteiger partial charge is 0.251 e. The minimum absolute atomic E-state index is 0.00887. The first-order chi connectivity index (χ1) is 9.51. The standard InChI is InChI=1S/C14H18F2N2OS/c1-17-12-10(15)6-9(7-11(12)16)13(19)18-8-14(20-2)4-3-5-14/h6-7,17H,3-5,8H2,1-2H3,(H,18,19). The lowest BCUT2D eigenvalue weighted by Gasteiger charge is -2.40. The molecule has 1 aliphatic carbocycles. The average molecular weight is 300 g/mol. The predicted octanol–water partition coefficient (Wildman–Crippen LogP) is 3.02. The molecule has 0 heterocycles. The Morgan fingerprint density at radius 2 is 1.95 bits per heavy atom. The van der Waals surface area contributed by atoms with Crippen LogP contribution in [0.5, 0.6) is 0 Å². The van der Waals surface area contributed by atoms with Crippen LogP contribution in [0, 0.1) is 11.6 Å². The molecule has 0 spiro atoms. The van der Waals surface area contributed by atoms with E-state index in [0.29, 0.717) is 6.54 Å². The number of nitrogens with one attached hydrogen (secondary N) is 2. The van der Waals surface area contributed by atoms with E-state index < -0.39 is 17.5 Å². The van der Waals surface area contributed by atoms with Gasteiger partial charge in [0.25, 0.3) is 5.91 Å². The molecule has 3 nitrogen and oxygen atoms in total. The maximum Gasteiger partial charge on any atom is 0.251 e. The quantitative estimate of drug-likeness (QED) is 0.878. The monoisotopic (exact) mass is 300 g/mol. The molecular weight excluding hydrogens is 282 g/mol. The number of carbonyl (C=O) groups is 1. The second kappa shape index (κ2) is 5.99. The van der Waals surface area contributed by atoms with Crippen molar-refractivity contribution in [2.75, 3.05) is 25.2 Å². The molecule has 0 atom stereocenters. The van der Waals surface area contributed by atoms with Crippen LogP contribution in [0.4, 0.5) is 14.5 Å². The minimum atomic E-state index is -0.763. The lowest BCUT2D eigenvalue weighted by atomic mass is 9.84. The van der Waals surface area contributed by atoms with E-state index in [2.05, 4.69) is 10.6 Å². The molecule has 20 heavy (non-hydrogen) atoms. The van der Waals surface area contributed by atoms with E-state index in [0.717, 1.165) is 31.4 Å². The molecule has 110 valence electrons. The molecule has 1 aliphatic rings. The summed E-state index contributed by atoms with van der Waals surface area (Å²) in [5, 5.41) is 5.20. The first-order valence-electron chi connectivity index (χ1n) is 6.51. The van der Waals surface area contributed by atoms with Crippen molar-refractivity contribution in [3.05, 3.63) is 29.3 Å². The van der Waals surface area contributed by atoms with Crippen LogP contribution in [-0.4, -0.2) is 30.5 Å². The van der Waals surface area contributed by atoms with Gasteiger partial charge >= 0.3 is 0 Å². The summed E-state index contributed by atoms with van der Waals surface area (Å²) in [5.41, 5.74) is -0.212. The summed E-state index contributed by atoms with van der Waals surface area (Å²) in [6.07, 6.45) is 5.31. The fraction of sp³-hybridized carbons (Fsp3) is 0.500. The van der Waals surface area contributed by atoms with Gasteiger partial charge in [-0.15, -0.1) is 0 Å². The van der Waals surface area contributed by atoms with Gasteiger partial charge in [-0.3, -0.25) is 4.79 Å². The van der Waals surface area contributed by atoms with E-state index in [1.807, 2.05) is 6.26 Å². The van der Waals surface area contributed by atoms with Crippen molar-refractivity contribution < 1.29 is 13.6 Å². The van der Waals surface area contributed by atoms with Gasteiger partial charge in [0.1, 0.15) is 17.3 Å². The van der Waals surface area contributed by atoms with Crippen LogP contribution in [0.25, 0.3) is 0 Å². The Labute approximate surface area is 121 Å². The van der Waals surface area contributed by atoms with Crippen molar-refractivity contribution >= 4 is 23.4 Å². The van der Waals surface area contributed by atoms with Crippen LogP contribution in [-0.2, 0) is 0 Å². The van der Waals surface area contributed by atoms with Gasteiger partial charge in [0.2, 0.25) is 0 Å². The molecule has 2 N–H and O–H groups in total. The van der Waals surface area contributed by atoms with Gasteiger partial charge in [0.05, 0.1) is 0 Å². The predicted molar refractivity (Wildman–Crippen MR) is 78.3 cm³/mol. The topological polar surface area (TPSA) is 41.1 Å². The summed E-state index contributed by atoms with van der Waals surface area (Å²) in [6, 6.07) is 2.10. The van der Waals surface area contributed by atoms with Crippen LogP contribution in [0.3, 0.4) is 0 Å². The number of rotatable bonds is 5. The summed E-state index contributed by atoms with van der Waals surface area (Å²) in [7, 11) is 1.43. The van der Waals surface area contributed by atoms with Gasteiger partial charge < -0.3 is 10.6 Å². The third kappa shape index (κ3) is 2.90. The van der Waals surface area contributed by atoms with E-state index >= 15 is 0 Å². The van der Waals surface area contributed by atoms with Crippen LogP contribution in [0.2, 0.25) is 0 Å². The third-order valence-electron chi connectivity index (χ3n) is 3.82. The molecule has 1 saturated carbocycles. The second-order valence-electron chi connectivity index (χ2n) is 4.99. The zero-order chi connectivity index (χ0) is 14.8. The van der Waals surface area contributed by atoms with E-state index in [-0.39, 0.29) is 16.0 Å². The van der Waals surface area contributed by atoms with Gasteiger partial charge in [-0.2, -0.15) is 11.8 Å². The number of thioether (sulfide) groups is 1. The molecule has 0 saturated heterocycles. The number of hydrogen-bond donors (Lipinski definition) is 2. The highest BCUT2D eigenvalue weighted by atomic mass is 32.2. The van der Waals surface area contributed by atoms with Crippen molar-refractivity contribution in [1.82, 2.24) is 5.32 Å². The Bertz CT molecular complexity index is 489. The van der Waals surface area contributed by atoms with Gasteiger partial charge in [-0.1, -0.05) is 6.42 Å². The van der Waals surface area contributed by atoms with Crippen LogP contribution in [0.15, 0.2) is 12.1 Å². The lowest BCUT2D eigenvalue weighted by molar-refractivity contribution is 0.0943. The lowest BCUT2D eigenvalue weighted by Crippen LogP contribution is -2.45. The molecule has 0 radical (unpaired) electrons. The molecular formula is C14H18F2N2OS. The summed E-state index contributed by atoms with van der Waals surface area (Å²) in [5.74, 6) is -1.97. The second-order valence-corrected chi connectivity index (χ2v) is 6.26. The maximum absolute atomic E-state index is 13.6. The van der Waals surface area contributed by atoms with Crippen LogP contribution >= 0.6 is 11.8 Å². The summed E-state index contributed by atoms with van der Waals surface area (Å²) in [4.78, 5) is 12.0. The maximum atomic E-state index is 13.6. The van der Waals surface area contributed by atoms with Gasteiger partial charge in [-0.25, -0.2) is 8.78 Å². The Morgan fingerprint density at radius 3 is 2.35 bits per heavy atom. The zero-order valence-corrected chi connectivity index (χ0v) is 12.4. The molecule has 1 aromatic rings. The van der Waals surface area contributed by atoms with Crippen molar-refractivity contribution in [3.8, 4) is 0 Å².